The van der Waals surface area contributed by atoms with Crippen molar-refractivity contribution in [1.82, 2.24) is 14.8 Å². The number of rotatable bonds is 9. The number of carbonyl (C=O) groups excluding carboxylic acids is 1. The summed E-state index contributed by atoms with van der Waals surface area (Å²) in [7, 11) is -3.29. The van der Waals surface area contributed by atoms with Crippen LogP contribution in [0.1, 0.15) is 12.5 Å². The Bertz CT molecular complexity index is 1350. The highest BCUT2D eigenvalue weighted by atomic mass is 32.2. The Kier molecular flexibility index (Phi) is 6.75. The second kappa shape index (κ2) is 9.72. The lowest BCUT2D eigenvalue weighted by Gasteiger charge is -2.20. The number of ether oxygens (including phenoxy) is 1. The number of carbonyl (C=O) groups is 1. The van der Waals surface area contributed by atoms with E-state index in [0.717, 1.165) is 22.0 Å². The molecule has 0 atom stereocenters. The Hall–Kier alpha value is -3.24. The van der Waals surface area contributed by atoms with Crippen LogP contribution in [0.3, 0.4) is 0 Å². The number of hydrogen-bond donors (Lipinski definition) is 0. The third-order valence-corrected chi connectivity index (χ3v) is 7.19. The van der Waals surface area contributed by atoms with Crippen LogP contribution in [0.25, 0.3) is 10.2 Å². The number of para-hydroxylation sites is 1. The summed E-state index contributed by atoms with van der Waals surface area (Å²) in [5.74, 6) is 0.555. The fourth-order valence-corrected chi connectivity index (χ4v) is 5.04. The second-order valence-electron chi connectivity index (χ2n) is 7.44. The van der Waals surface area contributed by atoms with Crippen molar-refractivity contribution in [1.29, 1.82) is 0 Å². The molecule has 0 spiro atoms. The van der Waals surface area contributed by atoms with E-state index in [1.165, 1.54) is 23.5 Å². The van der Waals surface area contributed by atoms with Gasteiger partial charge in [-0.3, -0.25) is 14.4 Å². The molecule has 0 saturated heterocycles. The molecule has 0 unspecified atom stereocenters. The Morgan fingerprint density at radius 3 is 2.61 bits per heavy atom. The van der Waals surface area contributed by atoms with Crippen LogP contribution in [0.4, 0.5) is 5.13 Å². The van der Waals surface area contributed by atoms with E-state index in [0.29, 0.717) is 30.6 Å². The molecular formula is C23H24N4O4S2. The first-order chi connectivity index (χ1) is 15.8. The van der Waals surface area contributed by atoms with Gasteiger partial charge in [0, 0.05) is 25.2 Å². The summed E-state index contributed by atoms with van der Waals surface area (Å²) in [4.78, 5) is 20.0. The quantitative estimate of drug-likeness (QED) is 0.361. The third kappa shape index (κ3) is 5.40. The number of aromatic nitrogens is 3. The summed E-state index contributed by atoms with van der Waals surface area (Å²) in [6, 6.07) is 14.0. The number of thiazole rings is 1. The van der Waals surface area contributed by atoms with Crippen LogP contribution in [0, 0.1) is 0 Å². The fraction of sp³-hybridized carbons (Fsp3) is 0.261. The molecule has 0 radical (unpaired) electrons. The van der Waals surface area contributed by atoms with Gasteiger partial charge in [-0.2, -0.15) is 5.10 Å². The zero-order valence-corrected chi connectivity index (χ0v) is 20.0. The van der Waals surface area contributed by atoms with Crippen molar-refractivity contribution in [3.05, 3.63) is 66.5 Å². The predicted octanol–water partition coefficient (Wildman–Crippen LogP) is 3.57. The summed E-state index contributed by atoms with van der Waals surface area (Å²) in [5, 5.41) is 4.81. The molecule has 0 bridgehead atoms. The van der Waals surface area contributed by atoms with E-state index in [-0.39, 0.29) is 17.2 Å². The van der Waals surface area contributed by atoms with Crippen LogP contribution in [0.2, 0.25) is 0 Å². The molecule has 0 aliphatic heterocycles. The summed E-state index contributed by atoms with van der Waals surface area (Å²) in [6.45, 7) is 3.35. The highest BCUT2D eigenvalue weighted by Gasteiger charge is 2.21. The van der Waals surface area contributed by atoms with E-state index in [2.05, 4.69) is 5.10 Å². The lowest BCUT2D eigenvalue weighted by molar-refractivity contribution is -0.118. The molecule has 0 N–H and O–H groups in total. The van der Waals surface area contributed by atoms with Gasteiger partial charge in [0.15, 0.2) is 15.0 Å². The van der Waals surface area contributed by atoms with Crippen LogP contribution in [0.5, 0.6) is 5.75 Å². The van der Waals surface area contributed by atoms with E-state index in [1.54, 1.807) is 27.9 Å². The summed E-state index contributed by atoms with van der Waals surface area (Å²) < 4.78 is 31.8. The standard InChI is InChI=1S/C23H24N4O4S2/c1-3-31-19-6-4-7-20-22(19)25-23(32-20)27(15-14-26-13-5-12-24-26)21(28)16-17-8-10-18(11-9-17)33(2,29)30/h4-13H,3,14-16H2,1-2H3. The van der Waals surface area contributed by atoms with Gasteiger partial charge in [-0.05, 0) is 42.8 Å². The van der Waals surface area contributed by atoms with Gasteiger partial charge in [0.2, 0.25) is 5.91 Å². The second-order valence-corrected chi connectivity index (χ2v) is 10.5. The van der Waals surface area contributed by atoms with Gasteiger partial charge in [0.05, 0.1) is 29.2 Å². The first-order valence-corrected chi connectivity index (χ1v) is 13.1. The molecule has 4 aromatic rings. The van der Waals surface area contributed by atoms with Crippen molar-refractivity contribution in [3.63, 3.8) is 0 Å². The topological polar surface area (TPSA) is 94.4 Å². The molecule has 0 aliphatic carbocycles. The fourth-order valence-electron chi connectivity index (χ4n) is 3.39. The zero-order valence-electron chi connectivity index (χ0n) is 18.3. The van der Waals surface area contributed by atoms with Crippen molar-refractivity contribution in [2.45, 2.75) is 24.8 Å². The van der Waals surface area contributed by atoms with Gasteiger partial charge in [-0.15, -0.1) is 0 Å². The number of hydrogen-bond acceptors (Lipinski definition) is 7. The Labute approximate surface area is 196 Å². The van der Waals surface area contributed by atoms with Gasteiger partial charge < -0.3 is 4.74 Å². The lowest BCUT2D eigenvalue weighted by Crippen LogP contribution is -2.35. The monoisotopic (exact) mass is 484 g/mol. The minimum atomic E-state index is -3.29. The molecule has 33 heavy (non-hydrogen) atoms. The van der Waals surface area contributed by atoms with Gasteiger partial charge in [0.25, 0.3) is 0 Å². The Morgan fingerprint density at radius 1 is 1.15 bits per heavy atom. The highest BCUT2D eigenvalue weighted by Crippen LogP contribution is 2.34. The average molecular weight is 485 g/mol. The van der Waals surface area contributed by atoms with Gasteiger partial charge in [-0.25, -0.2) is 13.4 Å². The molecule has 2 heterocycles. The van der Waals surface area contributed by atoms with E-state index in [4.69, 9.17) is 9.72 Å². The molecule has 172 valence electrons. The lowest BCUT2D eigenvalue weighted by atomic mass is 10.1. The number of sulfone groups is 1. The average Bonchev–Trinajstić information content (AvgIpc) is 3.44. The van der Waals surface area contributed by atoms with Crippen molar-refractivity contribution in [3.8, 4) is 5.75 Å². The van der Waals surface area contributed by atoms with E-state index in [9.17, 15) is 13.2 Å². The smallest absolute Gasteiger partial charge is 0.233 e. The van der Waals surface area contributed by atoms with Crippen molar-refractivity contribution in [2.75, 3.05) is 24.3 Å². The Morgan fingerprint density at radius 2 is 1.94 bits per heavy atom. The molecular weight excluding hydrogens is 460 g/mol. The predicted molar refractivity (Wildman–Crippen MR) is 129 cm³/mol. The molecule has 2 aromatic carbocycles. The minimum Gasteiger partial charge on any atom is -0.492 e. The van der Waals surface area contributed by atoms with Crippen LogP contribution in [-0.2, 0) is 27.6 Å². The zero-order chi connectivity index (χ0) is 23.4. The summed E-state index contributed by atoms with van der Waals surface area (Å²) in [6.07, 6.45) is 4.82. The number of nitrogens with zero attached hydrogens (tertiary/aromatic N) is 4. The SMILES string of the molecule is CCOc1cccc2sc(N(CCn3cccn3)C(=O)Cc3ccc(S(C)(=O)=O)cc3)nc12. The van der Waals surface area contributed by atoms with E-state index < -0.39 is 9.84 Å². The maximum absolute atomic E-state index is 13.4. The summed E-state index contributed by atoms with van der Waals surface area (Å²) >= 11 is 1.43. The van der Waals surface area contributed by atoms with Gasteiger partial charge >= 0.3 is 0 Å². The van der Waals surface area contributed by atoms with Crippen LogP contribution < -0.4 is 9.64 Å². The molecule has 0 fully saturated rings. The molecule has 4 rings (SSSR count). The highest BCUT2D eigenvalue weighted by molar-refractivity contribution is 7.90. The maximum atomic E-state index is 13.4. The maximum Gasteiger partial charge on any atom is 0.233 e. The molecule has 0 saturated carbocycles. The van der Waals surface area contributed by atoms with Crippen LogP contribution >= 0.6 is 11.3 Å². The largest absolute Gasteiger partial charge is 0.492 e. The number of amides is 1. The Balaban J connectivity index is 1.62. The van der Waals surface area contributed by atoms with Gasteiger partial charge in [-0.1, -0.05) is 29.5 Å². The number of anilines is 1. The van der Waals surface area contributed by atoms with Gasteiger partial charge in [0.1, 0.15) is 11.3 Å². The summed E-state index contributed by atoms with van der Waals surface area (Å²) in [5.41, 5.74) is 1.46. The third-order valence-electron chi connectivity index (χ3n) is 5.02. The van der Waals surface area contributed by atoms with E-state index in [1.807, 2.05) is 37.4 Å². The number of benzene rings is 2. The molecule has 10 heteroatoms. The number of fused-ring (bicyclic) bond motifs is 1. The molecule has 2 aromatic heterocycles. The van der Waals surface area contributed by atoms with Crippen molar-refractivity contribution >= 4 is 42.4 Å². The van der Waals surface area contributed by atoms with Crippen LogP contribution in [-0.4, -0.2) is 48.5 Å². The first-order valence-electron chi connectivity index (χ1n) is 10.4. The first kappa shape index (κ1) is 22.9. The van der Waals surface area contributed by atoms with E-state index >= 15 is 0 Å². The normalized spacial score (nSPS) is 11.6. The minimum absolute atomic E-state index is 0.122. The molecule has 1 amide bonds. The van der Waals surface area contributed by atoms with Crippen molar-refractivity contribution < 1.29 is 17.9 Å². The van der Waals surface area contributed by atoms with Crippen LogP contribution in [0.15, 0.2) is 65.8 Å². The molecule has 8 nitrogen and oxygen atoms in total. The molecule has 0 aliphatic rings. The van der Waals surface area contributed by atoms with Crippen molar-refractivity contribution in [2.24, 2.45) is 0 Å².